The van der Waals surface area contributed by atoms with E-state index in [0.717, 1.165) is 11.2 Å². The molecule has 1 atom stereocenters. The van der Waals surface area contributed by atoms with Crippen LogP contribution < -0.4 is 0 Å². The lowest BCUT2D eigenvalue weighted by Crippen LogP contribution is -2.11. The first kappa shape index (κ1) is 9.92. The van der Waals surface area contributed by atoms with E-state index in [0.29, 0.717) is 11.3 Å². The van der Waals surface area contributed by atoms with Crippen LogP contribution in [0.1, 0.15) is 21.5 Å². The number of aldehydes is 1. The summed E-state index contributed by atoms with van der Waals surface area (Å²) >= 11 is 1.35. The molecule has 0 spiro atoms. The summed E-state index contributed by atoms with van der Waals surface area (Å²) in [5, 5.41) is 8.64. The molecule has 0 aromatic carbocycles. The lowest BCUT2D eigenvalue weighted by atomic mass is 10.1. The minimum atomic E-state index is -0.805. The molecule has 70 valence electrons. The van der Waals surface area contributed by atoms with Crippen molar-refractivity contribution in [1.29, 1.82) is 0 Å². The minimum absolute atomic E-state index is 0.391. The van der Waals surface area contributed by atoms with Crippen LogP contribution in [0.3, 0.4) is 0 Å². The molecule has 0 fully saturated rings. The van der Waals surface area contributed by atoms with E-state index in [1.807, 2.05) is 0 Å². The van der Waals surface area contributed by atoms with Crippen LogP contribution in [-0.2, 0) is 11.2 Å². The molecule has 1 heterocycles. The van der Waals surface area contributed by atoms with Crippen LogP contribution >= 0.6 is 11.3 Å². The van der Waals surface area contributed by atoms with E-state index in [-0.39, 0.29) is 0 Å². The van der Waals surface area contributed by atoms with Crippen molar-refractivity contribution in [3.8, 4) is 0 Å². The number of hydrogen-bond acceptors (Lipinski definition) is 3. The van der Waals surface area contributed by atoms with Gasteiger partial charge in [0.2, 0.25) is 0 Å². The molecular formula is C9H10O3S. The lowest BCUT2D eigenvalue weighted by Gasteiger charge is -2.01. The Labute approximate surface area is 80.0 Å². The van der Waals surface area contributed by atoms with Gasteiger partial charge in [0.15, 0.2) is 6.29 Å². The van der Waals surface area contributed by atoms with E-state index in [2.05, 4.69) is 0 Å². The predicted molar refractivity (Wildman–Crippen MR) is 50.2 cm³/mol. The van der Waals surface area contributed by atoms with Crippen LogP contribution in [0.15, 0.2) is 12.1 Å². The van der Waals surface area contributed by atoms with E-state index < -0.39 is 11.9 Å². The first-order chi connectivity index (χ1) is 6.13. The van der Waals surface area contributed by atoms with Gasteiger partial charge in [0, 0.05) is 4.88 Å². The average molecular weight is 198 g/mol. The topological polar surface area (TPSA) is 54.4 Å². The summed E-state index contributed by atoms with van der Waals surface area (Å²) in [6, 6.07) is 3.51. The number of thiophene rings is 1. The molecule has 1 N–H and O–H groups in total. The number of carboxylic acid groups (broad SMARTS) is 1. The maximum atomic E-state index is 10.5. The van der Waals surface area contributed by atoms with E-state index in [1.54, 1.807) is 19.1 Å². The number of carbonyl (C=O) groups is 2. The molecule has 4 heteroatoms. The maximum Gasteiger partial charge on any atom is 0.306 e. The van der Waals surface area contributed by atoms with Gasteiger partial charge in [0.25, 0.3) is 0 Å². The molecule has 13 heavy (non-hydrogen) atoms. The second kappa shape index (κ2) is 4.18. The number of rotatable bonds is 4. The fourth-order valence-corrected chi connectivity index (χ4v) is 1.91. The molecule has 0 aliphatic rings. The average Bonchev–Trinajstić information content (AvgIpc) is 2.52. The number of aliphatic carboxylic acids is 1. The first-order valence-electron chi connectivity index (χ1n) is 3.90. The summed E-state index contributed by atoms with van der Waals surface area (Å²) in [4.78, 5) is 22.4. The second-order valence-corrected chi connectivity index (χ2v) is 4.07. The summed E-state index contributed by atoms with van der Waals surface area (Å²) in [6.07, 6.45) is 1.27. The highest BCUT2D eigenvalue weighted by Gasteiger charge is 2.12. The fourth-order valence-electron chi connectivity index (χ4n) is 0.957. The van der Waals surface area contributed by atoms with E-state index in [1.165, 1.54) is 11.3 Å². The summed E-state index contributed by atoms with van der Waals surface area (Å²) in [6.45, 7) is 1.66. The molecular weight excluding hydrogens is 188 g/mol. The van der Waals surface area contributed by atoms with Gasteiger partial charge in [-0.3, -0.25) is 9.59 Å². The Morgan fingerprint density at radius 3 is 2.85 bits per heavy atom. The first-order valence-corrected chi connectivity index (χ1v) is 4.72. The van der Waals surface area contributed by atoms with E-state index >= 15 is 0 Å². The van der Waals surface area contributed by atoms with Gasteiger partial charge in [-0.15, -0.1) is 11.3 Å². The van der Waals surface area contributed by atoms with Crippen molar-refractivity contribution < 1.29 is 14.7 Å². The van der Waals surface area contributed by atoms with Crippen molar-refractivity contribution in [2.75, 3.05) is 0 Å². The van der Waals surface area contributed by atoms with E-state index in [4.69, 9.17) is 5.11 Å². The second-order valence-electron chi connectivity index (χ2n) is 2.87. The van der Waals surface area contributed by atoms with Crippen LogP contribution in [0, 0.1) is 5.92 Å². The van der Waals surface area contributed by atoms with Gasteiger partial charge < -0.3 is 5.11 Å². The normalized spacial score (nSPS) is 12.4. The monoisotopic (exact) mass is 198 g/mol. The molecule has 0 aliphatic carbocycles. The van der Waals surface area contributed by atoms with Crippen molar-refractivity contribution in [3.63, 3.8) is 0 Å². The molecule has 0 amide bonds. The highest BCUT2D eigenvalue weighted by molar-refractivity contribution is 7.13. The van der Waals surface area contributed by atoms with Crippen molar-refractivity contribution >= 4 is 23.6 Å². The van der Waals surface area contributed by atoms with Gasteiger partial charge in [0.1, 0.15) is 0 Å². The van der Waals surface area contributed by atoms with Crippen LogP contribution in [0.4, 0.5) is 0 Å². The number of carbonyl (C=O) groups excluding carboxylic acids is 1. The Hall–Kier alpha value is -1.16. The molecule has 0 saturated carbocycles. The van der Waals surface area contributed by atoms with Gasteiger partial charge in [-0.05, 0) is 18.6 Å². The number of carboxylic acids is 1. The molecule has 1 aromatic rings. The van der Waals surface area contributed by atoms with Crippen LogP contribution in [0.5, 0.6) is 0 Å². The van der Waals surface area contributed by atoms with Crippen molar-refractivity contribution in [2.24, 2.45) is 5.92 Å². The van der Waals surface area contributed by atoms with Crippen molar-refractivity contribution in [1.82, 2.24) is 0 Å². The lowest BCUT2D eigenvalue weighted by molar-refractivity contribution is -0.141. The third-order valence-electron chi connectivity index (χ3n) is 1.73. The van der Waals surface area contributed by atoms with Crippen LogP contribution in [-0.4, -0.2) is 17.4 Å². The quantitative estimate of drug-likeness (QED) is 0.751. The summed E-state index contributed by atoms with van der Waals surface area (Å²) in [5.41, 5.74) is 0. The van der Waals surface area contributed by atoms with Crippen molar-refractivity contribution in [2.45, 2.75) is 13.3 Å². The Kier molecular flexibility index (Phi) is 3.19. The summed E-state index contributed by atoms with van der Waals surface area (Å²) in [5.74, 6) is -1.20. The summed E-state index contributed by atoms with van der Waals surface area (Å²) < 4.78 is 0. The maximum absolute atomic E-state index is 10.5. The summed E-state index contributed by atoms with van der Waals surface area (Å²) in [7, 11) is 0. The fraction of sp³-hybridized carbons (Fsp3) is 0.333. The third kappa shape index (κ3) is 2.66. The smallest absolute Gasteiger partial charge is 0.306 e. The highest BCUT2D eigenvalue weighted by atomic mass is 32.1. The van der Waals surface area contributed by atoms with Crippen LogP contribution in [0.25, 0.3) is 0 Å². The molecule has 1 aromatic heterocycles. The van der Waals surface area contributed by atoms with Gasteiger partial charge in [0.05, 0.1) is 10.8 Å². The Morgan fingerprint density at radius 2 is 2.38 bits per heavy atom. The zero-order valence-corrected chi connectivity index (χ0v) is 8.00. The molecule has 0 saturated heterocycles. The number of hydrogen-bond donors (Lipinski definition) is 1. The Bertz CT molecular complexity index is 316. The van der Waals surface area contributed by atoms with Crippen molar-refractivity contribution in [3.05, 3.63) is 21.9 Å². The standard InChI is InChI=1S/C9H10O3S/c1-6(9(11)12)4-7-2-3-8(5-10)13-7/h2-3,5-6H,4H2,1H3,(H,11,12). The molecule has 0 bridgehead atoms. The van der Waals surface area contributed by atoms with Gasteiger partial charge >= 0.3 is 5.97 Å². The van der Waals surface area contributed by atoms with Gasteiger partial charge in [-0.2, -0.15) is 0 Å². The highest BCUT2D eigenvalue weighted by Crippen LogP contribution is 2.18. The predicted octanol–water partition coefficient (Wildman–Crippen LogP) is 1.82. The Morgan fingerprint density at radius 1 is 1.69 bits per heavy atom. The molecule has 3 nitrogen and oxygen atoms in total. The van der Waals surface area contributed by atoms with E-state index in [9.17, 15) is 9.59 Å². The molecule has 0 radical (unpaired) electrons. The van der Waals surface area contributed by atoms with Crippen LogP contribution in [0.2, 0.25) is 0 Å². The Balaban J connectivity index is 2.63. The largest absolute Gasteiger partial charge is 0.481 e. The molecule has 1 unspecified atom stereocenters. The third-order valence-corrected chi connectivity index (χ3v) is 2.76. The molecule has 0 aliphatic heterocycles. The van der Waals surface area contributed by atoms with Gasteiger partial charge in [-0.1, -0.05) is 6.92 Å². The zero-order chi connectivity index (χ0) is 9.84. The SMILES string of the molecule is CC(Cc1ccc(C=O)s1)C(=O)O. The van der Waals surface area contributed by atoms with Gasteiger partial charge in [-0.25, -0.2) is 0 Å². The minimum Gasteiger partial charge on any atom is -0.481 e. The molecule has 1 rings (SSSR count). The zero-order valence-electron chi connectivity index (χ0n) is 7.19.